The summed E-state index contributed by atoms with van der Waals surface area (Å²) in [5.74, 6) is -0.837. The molecule has 7 nitrogen and oxygen atoms in total. The Kier molecular flexibility index (Phi) is 8.17. The highest BCUT2D eigenvalue weighted by Crippen LogP contribution is 2.27. The van der Waals surface area contributed by atoms with Crippen molar-refractivity contribution < 1.29 is 27.5 Å². The van der Waals surface area contributed by atoms with Gasteiger partial charge < -0.3 is 14.4 Å². The fourth-order valence-corrected chi connectivity index (χ4v) is 4.84. The van der Waals surface area contributed by atoms with Gasteiger partial charge in [-0.1, -0.05) is 41.4 Å². The van der Waals surface area contributed by atoms with Gasteiger partial charge in [0.15, 0.2) is 16.4 Å². The highest BCUT2D eigenvalue weighted by Gasteiger charge is 2.31. The minimum absolute atomic E-state index is 0.0432. The fraction of sp³-hybridized carbons (Fsp3) is 0.273. The summed E-state index contributed by atoms with van der Waals surface area (Å²) < 4.78 is 34.3. The molecule has 0 N–H and O–H groups in total. The van der Waals surface area contributed by atoms with Gasteiger partial charge in [0.05, 0.1) is 23.4 Å². The molecule has 0 unspecified atom stereocenters. The monoisotopic (exact) mass is 497 g/mol. The van der Waals surface area contributed by atoms with Crippen molar-refractivity contribution in [2.75, 3.05) is 23.9 Å². The third kappa shape index (κ3) is 6.72. The minimum atomic E-state index is -3.37. The van der Waals surface area contributed by atoms with Crippen LogP contribution in [0.3, 0.4) is 0 Å². The molecule has 0 bridgehead atoms. The summed E-state index contributed by atoms with van der Waals surface area (Å²) >= 11 is 11.9. The Labute approximate surface area is 196 Å². The van der Waals surface area contributed by atoms with Crippen LogP contribution in [-0.2, 0) is 24.2 Å². The van der Waals surface area contributed by atoms with Crippen LogP contribution in [0, 0.1) is 0 Å². The lowest BCUT2D eigenvalue weighted by atomic mass is 10.2. The van der Waals surface area contributed by atoms with Crippen molar-refractivity contribution in [1.29, 1.82) is 0 Å². The van der Waals surface area contributed by atoms with Crippen molar-refractivity contribution >= 4 is 50.6 Å². The van der Waals surface area contributed by atoms with Gasteiger partial charge in [-0.3, -0.25) is 9.59 Å². The van der Waals surface area contributed by atoms with Gasteiger partial charge in [0, 0.05) is 22.5 Å². The first-order chi connectivity index (χ1) is 15.2. The molecule has 0 saturated carbocycles. The molecule has 2 aromatic carbocycles. The smallest absolute Gasteiger partial charge is 0.306 e. The molecule has 3 rings (SSSR count). The summed E-state index contributed by atoms with van der Waals surface area (Å²) in [6.45, 7) is -0.271. The maximum absolute atomic E-state index is 12.8. The Morgan fingerprint density at radius 2 is 1.84 bits per heavy atom. The number of ether oxygens (including phenoxy) is 2. The molecular formula is C22H21Cl2NO6S. The maximum Gasteiger partial charge on any atom is 0.306 e. The minimum Gasteiger partial charge on any atom is -0.492 e. The van der Waals surface area contributed by atoms with E-state index in [9.17, 15) is 18.0 Å². The van der Waals surface area contributed by atoms with Crippen molar-refractivity contribution in [3.8, 4) is 5.75 Å². The number of rotatable bonds is 9. The summed E-state index contributed by atoms with van der Waals surface area (Å²) in [5.41, 5.74) is 0.522. The molecule has 0 spiro atoms. The number of hydrogen-bond donors (Lipinski definition) is 0. The lowest BCUT2D eigenvalue weighted by molar-refractivity contribution is -0.148. The van der Waals surface area contributed by atoms with Crippen molar-refractivity contribution in [2.45, 2.75) is 18.9 Å². The summed E-state index contributed by atoms with van der Waals surface area (Å²) in [4.78, 5) is 26.2. The zero-order valence-electron chi connectivity index (χ0n) is 16.9. The van der Waals surface area contributed by atoms with Crippen LogP contribution < -0.4 is 9.64 Å². The molecule has 0 fully saturated rings. The van der Waals surface area contributed by atoms with Gasteiger partial charge >= 0.3 is 5.97 Å². The zero-order chi connectivity index (χ0) is 23.1. The molecule has 0 saturated heterocycles. The number of halogens is 2. The second-order valence-electron chi connectivity index (χ2n) is 7.01. The van der Waals surface area contributed by atoms with E-state index < -0.39 is 34.4 Å². The molecule has 10 heteroatoms. The van der Waals surface area contributed by atoms with E-state index >= 15 is 0 Å². The predicted molar refractivity (Wildman–Crippen MR) is 123 cm³/mol. The molecule has 1 atom stereocenters. The van der Waals surface area contributed by atoms with E-state index in [1.54, 1.807) is 48.5 Å². The lowest BCUT2D eigenvalue weighted by Crippen LogP contribution is -2.43. The van der Waals surface area contributed by atoms with Crippen LogP contribution in [0.15, 0.2) is 60.0 Å². The average Bonchev–Trinajstić information content (AvgIpc) is 3.11. The van der Waals surface area contributed by atoms with Crippen molar-refractivity contribution in [3.63, 3.8) is 0 Å². The first-order valence-electron chi connectivity index (χ1n) is 9.77. The molecule has 0 aromatic heterocycles. The number of hydrogen-bond acceptors (Lipinski definition) is 6. The van der Waals surface area contributed by atoms with E-state index in [0.29, 0.717) is 27.9 Å². The molecular weight excluding hydrogens is 477 g/mol. The number of sulfone groups is 1. The van der Waals surface area contributed by atoms with E-state index in [1.165, 1.54) is 11.0 Å². The van der Waals surface area contributed by atoms with E-state index in [-0.39, 0.29) is 18.8 Å². The lowest BCUT2D eigenvalue weighted by Gasteiger charge is -2.27. The van der Waals surface area contributed by atoms with Crippen LogP contribution in [0.2, 0.25) is 10.0 Å². The van der Waals surface area contributed by atoms with Gasteiger partial charge in [0.2, 0.25) is 0 Å². The average molecular weight is 498 g/mol. The number of esters is 1. The molecule has 32 heavy (non-hydrogen) atoms. The van der Waals surface area contributed by atoms with Gasteiger partial charge in [-0.05, 0) is 42.8 Å². The van der Waals surface area contributed by atoms with E-state index in [2.05, 4.69) is 0 Å². The van der Waals surface area contributed by atoms with Crippen LogP contribution in [0.5, 0.6) is 5.75 Å². The van der Waals surface area contributed by atoms with Gasteiger partial charge in [-0.15, -0.1) is 0 Å². The molecule has 1 aliphatic rings. The van der Waals surface area contributed by atoms with Crippen LogP contribution in [0.25, 0.3) is 0 Å². The molecule has 1 aliphatic heterocycles. The number of carbonyl (C=O) groups is 2. The normalized spacial score (nSPS) is 16.5. The van der Waals surface area contributed by atoms with E-state index in [1.807, 2.05) is 0 Å². The second kappa shape index (κ2) is 10.8. The number of amides is 1. The molecule has 170 valence electrons. The highest BCUT2D eigenvalue weighted by molar-refractivity contribution is 7.94. The first kappa shape index (κ1) is 24.1. The molecule has 0 radical (unpaired) electrons. The third-order valence-electron chi connectivity index (χ3n) is 4.58. The number of carbonyl (C=O) groups excluding carboxylic acids is 2. The predicted octanol–water partition coefficient (Wildman–Crippen LogP) is 4.04. The quantitative estimate of drug-likeness (QED) is 0.383. The SMILES string of the molecule is O=C(CCCOc1ccc(Cl)cc1Cl)OCC(=O)N(c1ccccc1)[C@H]1C=CS(=O)(=O)C1. The molecule has 0 aliphatic carbocycles. The maximum atomic E-state index is 12.8. The standard InChI is InChI=1S/C22H21Cl2NO6S/c23-16-8-9-20(19(24)13-16)30-11-4-7-22(27)31-14-21(26)25(17-5-2-1-3-6-17)18-10-12-32(28,29)15-18/h1-3,5-6,8-10,12-13,18H,4,7,11,14-15H2/t18-/m0/s1. The fourth-order valence-electron chi connectivity index (χ4n) is 3.10. The first-order valence-corrected chi connectivity index (χ1v) is 12.2. The second-order valence-corrected chi connectivity index (χ2v) is 9.79. The molecule has 1 heterocycles. The Bertz CT molecular complexity index is 1100. The Morgan fingerprint density at radius 3 is 2.50 bits per heavy atom. The molecule has 1 amide bonds. The number of nitrogens with zero attached hydrogens (tertiary/aromatic N) is 1. The van der Waals surface area contributed by atoms with Gasteiger partial charge in [-0.2, -0.15) is 0 Å². The zero-order valence-corrected chi connectivity index (χ0v) is 19.3. The van der Waals surface area contributed by atoms with E-state index in [4.69, 9.17) is 32.7 Å². The van der Waals surface area contributed by atoms with Crippen LogP contribution in [0.4, 0.5) is 5.69 Å². The topological polar surface area (TPSA) is 90.0 Å². The van der Waals surface area contributed by atoms with Crippen molar-refractivity contribution in [3.05, 3.63) is 70.1 Å². The number of para-hydroxylation sites is 1. The number of anilines is 1. The van der Waals surface area contributed by atoms with E-state index in [0.717, 1.165) is 5.41 Å². The summed E-state index contributed by atoms with van der Waals surface area (Å²) in [6, 6.07) is 12.8. The van der Waals surface area contributed by atoms with Crippen LogP contribution >= 0.6 is 23.2 Å². The highest BCUT2D eigenvalue weighted by atomic mass is 35.5. The van der Waals surface area contributed by atoms with Crippen molar-refractivity contribution in [2.24, 2.45) is 0 Å². The summed E-state index contributed by atoms with van der Waals surface area (Å²) in [6.07, 6.45) is 1.86. The third-order valence-corrected chi connectivity index (χ3v) is 6.49. The largest absolute Gasteiger partial charge is 0.492 e. The Hall–Kier alpha value is -2.55. The summed E-state index contributed by atoms with van der Waals surface area (Å²) in [5, 5.41) is 1.96. The Balaban J connectivity index is 1.50. The summed E-state index contributed by atoms with van der Waals surface area (Å²) in [7, 11) is -3.37. The van der Waals surface area contributed by atoms with Crippen molar-refractivity contribution in [1.82, 2.24) is 0 Å². The number of benzene rings is 2. The van der Waals surface area contributed by atoms with Gasteiger partial charge in [0.25, 0.3) is 5.91 Å². The van der Waals surface area contributed by atoms with Gasteiger partial charge in [0.1, 0.15) is 5.75 Å². The van der Waals surface area contributed by atoms with Crippen LogP contribution in [-0.4, -0.2) is 45.3 Å². The van der Waals surface area contributed by atoms with Crippen LogP contribution in [0.1, 0.15) is 12.8 Å². The molecule has 2 aromatic rings. The Morgan fingerprint density at radius 1 is 1.09 bits per heavy atom. The van der Waals surface area contributed by atoms with Gasteiger partial charge in [-0.25, -0.2) is 8.42 Å².